The number of carbonyl (C=O) groups is 1. The van der Waals surface area contributed by atoms with Crippen molar-refractivity contribution in [1.82, 2.24) is 0 Å². The van der Waals surface area contributed by atoms with Crippen molar-refractivity contribution >= 4 is 27.9 Å². The molecule has 1 aromatic rings. The highest BCUT2D eigenvalue weighted by atomic mass is 79.9. The van der Waals surface area contributed by atoms with Crippen LogP contribution in [0.15, 0.2) is 22.7 Å². The molecule has 0 saturated heterocycles. The summed E-state index contributed by atoms with van der Waals surface area (Å²) in [5, 5.41) is 0. The summed E-state index contributed by atoms with van der Waals surface area (Å²) in [4.78, 5) is 13.1. The Kier molecular flexibility index (Phi) is 3.66. The van der Waals surface area contributed by atoms with Gasteiger partial charge in [-0.15, -0.1) is 0 Å². The lowest BCUT2D eigenvalue weighted by molar-refractivity contribution is 0.112. The van der Waals surface area contributed by atoms with Crippen LogP contribution >= 0.6 is 15.9 Å². The van der Waals surface area contributed by atoms with Crippen LogP contribution in [0.2, 0.25) is 0 Å². The van der Waals surface area contributed by atoms with E-state index in [0.29, 0.717) is 0 Å². The quantitative estimate of drug-likeness (QED) is 0.777. The second-order valence-electron chi connectivity index (χ2n) is 6.14. The van der Waals surface area contributed by atoms with Gasteiger partial charge in [-0.1, -0.05) is 6.42 Å². The van der Waals surface area contributed by atoms with E-state index in [9.17, 15) is 4.79 Å². The Bertz CT molecular complexity index is 488. The van der Waals surface area contributed by atoms with E-state index in [1.807, 2.05) is 18.2 Å². The molecule has 2 saturated carbocycles. The maximum Gasteiger partial charge on any atom is 0.150 e. The second-order valence-corrected chi connectivity index (χ2v) is 7.00. The monoisotopic (exact) mass is 321 g/mol. The molecule has 2 fully saturated rings. The molecule has 3 unspecified atom stereocenters. The van der Waals surface area contributed by atoms with E-state index in [1.165, 1.54) is 31.4 Å². The van der Waals surface area contributed by atoms with Crippen LogP contribution in [-0.4, -0.2) is 19.9 Å². The second kappa shape index (κ2) is 5.28. The smallest absolute Gasteiger partial charge is 0.150 e. The zero-order valence-electron chi connectivity index (χ0n) is 11.3. The van der Waals surface area contributed by atoms with E-state index in [-0.39, 0.29) is 0 Å². The molecule has 0 aromatic heterocycles. The van der Waals surface area contributed by atoms with Crippen LogP contribution in [0.5, 0.6) is 0 Å². The number of carbonyl (C=O) groups excluding carboxylic acids is 1. The number of hydrogen-bond donors (Lipinski definition) is 0. The number of fused-ring (bicyclic) bond motifs is 2. The van der Waals surface area contributed by atoms with Crippen molar-refractivity contribution in [3.63, 3.8) is 0 Å². The van der Waals surface area contributed by atoms with Crippen molar-refractivity contribution in [1.29, 1.82) is 0 Å². The summed E-state index contributed by atoms with van der Waals surface area (Å²) in [6.45, 7) is 1.14. The number of hydrogen-bond acceptors (Lipinski definition) is 2. The third-order valence-corrected chi connectivity index (χ3v) is 5.55. The third kappa shape index (κ3) is 2.58. The van der Waals surface area contributed by atoms with E-state index in [0.717, 1.165) is 40.6 Å². The molecule has 19 heavy (non-hydrogen) atoms. The lowest BCUT2D eigenvalue weighted by atomic mass is 9.88. The maximum atomic E-state index is 10.8. The molecule has 2 aliphatic rings. The van der Waals surface area contributed by atoms with Crippen molar-refractivity contribution in [2.45, 2.75) is 25.7 Å². The highest BCUT2D eigenvalue weighted by molar-refractivity contribution is 9.10. The first-order valence-electron chi connectivity index (χ1n) is 7.13. The minimum atomic E-state index is 0.726. The molecular formula is C16H20BrNO. The van der Waals surface area contributed by atoms with Crippen molar-refractivity contribution in [3.8, 4) is 0 Å². The summed E-state index contributed by atoms with van der Waals surface area (Å²) in [6.07, 6.45) is 6.67. The minimum absolute atomic E-state index is 0.726. The highest BCUT2D eigenvalue weighted by Crippen LogP contribution is 2.48. The average Bonchev–Trinajstić information content (AvgIpc) is 3.00. The SMILES string of the molecule is CN(CC1CC2CCC1C2)c1ccc(C=O)cc1Br. The van der Waals surface area contributed by atoms with Gasteiger partial charge in [0, 0.05) is 23.6 Å². The van der Waals surface area contributed by atoms with Gasteiger partial charge in [0.25, 0.3) is 0 Å². The van der Waals surface area contributed by atoms with Crippen LogP contribution in [0.1, 0.15) is 36.0 Å². The fourth-order valence-corrected chi connectivity index (χ4v) is 4.66. The van der Waals surface area contributed by atoms with Crippen LogP contribution in [0, 0.1) is 17.8 Å². The van der Waals surface area contributed by atoms with Gasteiger partial charge in [-0.05, 0) is 71.1 Å². The van der Waals surface area contributed by atoms with Gasteiger partial charge in [-0.3, -0.25) is 4.79 Å². The molecule has 0 amide bonds. The van der Waals surface area contributed by atoms with Gasteiger partial charge in [-0.2, -0.15) is 0 Å². The zero-order chi connectivity index (χ0) is 13.4. The molecule has 2 nitrogen and oxygen atoms in total. The number of benzene rings is 1. The highest BCUT2D eigenvalue weighted by Gasteiger charge is 2.39. The molecule has 102 valence electrons. The molecule has 3 heteroatoms. The standard InChI is InChI=1S/C16H20BrNO/c1-18(9-14-7-11-2-4-13(14)6-11)16-5-3-12(10-19)8-15(16)17/h3,5,8,10-11,13-14H,2,4,6-7,9H2,1H3. The summed E-state index contributed by atoms with van der Waals surface area (Å²) in [5.41, 5.74) is 1.91. The van der Waals surface area contributed by atoms with E-state index in [1.54, 1.807) is 0 Å². The molecule has 3 rings (SSSR count). The average molecular weight is 322 g/mol. The van der Waals surface area contributed by atoms with Crippen LogP contribution < -0.4 is 4.90 Å². The Morgan fingerprint density at radius 2 is 2.21 bits per heavy atom. The molecule has 2 aliphatic carbocycles. The van der Waals surface area contributed by atoms with Crippen molar-refractivity contribution < 1.29 is 4.79 Å². The molecular weight excluding hydrogens is 302 g/mol. The largest absolute Gasteiger partial charge is 0.373 e. The van der Waals surface area contributed by atoms with Crippen LogP contribution in [0.3, 0.4) is 0 Å². The summed E-state index contributed by atoms with van der Waals surface area (Å²) in [7, 11) is 2.16. The van der Waals surface area contributed by atoms with Crippen LogP contribution in [-0.2, 0) is 0 Å². The number of halogens is 1. The third-order valence-electron chi connectivity index (χ3n) is 4.91. The van der Waals surface area contributed by atoms with Crippen LogP contribution in [0.25, 0.3) is 0 Å². The Hall–Kier alpha value is -0.830. The Labute approximate surface area is 123 Å². The van der Waals surface area contributed by atoms with Gasteiger partial charge >= 0.3 is 0 Å². The summed E-state index contributed by atoms with van der Waals surface area (Å²) in [5.74, 6) is 2.83. The molecule has 0 spiro atoms. The molecule has 0 N–H and O–H groups in total. The van der Waals surface area contributed by atoms with E-state index in [4.69, 9.17) is 0 Å². The summed E-state index contributed by atoms with van der Waals surface area (Å²) in [6, 6.07) is 5.84. The molecule has 0 aliphatic heterocycles. The predicted molar refractivity (Wildman–Crippen MR) is 81.7 cm³/mol. The van der Waals surface area contributed by atoms with Gasteiger partial charge in [0.1, 0.15) is 6.29 Å². The normalized spacial score (nSPS) is 28.6. The molecule has 3 atom stereocenters. The van der Waals surface area contributed by atoms with Gasteiger partial charge in [0.2, 0.25) is 0 Å². The first kappa shape index (κ1) is 13.2. The Morgan fingerprint density at radius 3 is 2.79 bits per heavy atom. The fourth-order valence-electron chi connectivity index (χ4n) is 3.96. The van der Waals surface area contributed by atoms with Crippen molar-refractivity contribution in [2.24, 2.45) is 17.8 Å². The molecule has 0 heterocycles. The summed E-state index contributed by atoms with van der Waals surface area (Å²) < 4.78 is 1.02. The van der Waals surface area contributed by atoms with Gasteiger partial charge in [-0.25, -0.2) is 0 Å². The number of aldehydes is 1. The Morgan fingerprint density at radius 1 is 1.37 bits per heavy atom. The molecule has 2 bridgehead atoms. The topological polar surface area (TPSA) is 20.3 Å². The predicted octanol–water partition coefficient (Wildman–Crippen LogP) is 4.13. The van der Waals surface area contributed by atoms with Gasteiger partial charge < -0.3 is 4.90 Å². The van der Waals surface area contributed by atoms with Gasteiger partial charge in [0.15, 0.2) is 0 Å². The molecule has 0 radical (unpaired) electrons. The number of anilines is 1. The van der Waals surface area contributed by atoms with E-state index < -0.39 is 0 Å². The van der Waals surface area contributed by atoms with E-state index >= 15 is 0 Å². The minimum Gasteiger partial charge on any atom is -0.373 e. The maximum absolute atomic E-state index is 10.8. The van der Waals surface area contributed by atoms with E-state index in [2.05, 4.69) is 27.9 Å². The lowest BCUT2D eigenvalue weighted by Gasteiger charge is -2.29. The fraction of sp³-hybridized carbons (Fsp3) is 0.562. The zero-order valence-corrected chi connectivity index (χ0v) is 12.9. The van der Waals surface area contributed by atoms with Crippen molar-refractivity contribution in [2.75, 3.05) is 18.5 Å². The molecule has 1 aromatic carbocycles. The number of nitrogens with zero attached hydrogens (tertiary/aromatic N) is 1. The first-order chi connectivity index (χ1) is 9.17. The lowest BCUT2D eigenvalue weighted by Crippen LogP contribution is -2.28. The van der Waals surface area contributed by atoms with Gasteiger partial charge in [0.05, 0.1) is 5.69 Å². The summed E-state index contributed by atoms with van der Waals surface area (Å²) >= 11 is 3.58. The Balaban J connectivity index is 1.70. The van der Waals surface area contributed by atoms with Crippen LogP contribution in [0.4, 0.5) is 5.69 Å². The number of rotatable bonds is 4. The first-order valence-corrected chi connectivity index (χ1v) is 7.92. The van der Waals surface area contributed by atoms with Crippen molar-refractivity contribution in [3.05, 3.63) is 28.2 Å².